The molecule has 100 valence electrons. The highest BCUT2D eigenvalue weighted by molar-refractivity contribution is 7.99. The van der Waals surface area contributed by atoms with E-state index in [9.17, 15) is 0 Å². The molecule has 1 aliphatic rings. The molecule has 0 saturated heterocycles. The first-order valence-corrected chi connectivity index (χ1v) is 8.83. The van der Waals surface area contributed by atoms with E-state index in [1.54, 1.807) is 0 Å². The van der Waals surface area contributed by atoms with Crippen LogP contribution in [0.3, 0.4) is 0 Å². The molecule has 1 aromatic heterocycles. The molecule has 18 heavy (non-hydrogen) atoms. The molecule has 0 aromatic carbocycles. The molecular weight excluding hydrogens is 286 g/mol. The zero-order valence-corrected chi connectivity index (χ0v) is 13.0. The van der Waals surface area contributed by atoms with E-state index < -0.39 is 0 Å². The molecule has 0 aliphatic heterocycles. The second-order valence-corrected chi connectivity index (χ2v) is 7.03. The fourth-order valence-corrected chi connectivity index (χ4v) is 3.98. The number of anilines is 1. The van der Waals surface area contributed by atoms with Crippen molar-refractivity contribution >= 4 is 40.9 Å². The van der Waals surface area contributed by atoms with E-state index in [0.29, 0.717) is 11.2 Å². The van der Waals surface area contributed by atoms with Gasteiger partial charge in [0.25, 0.3) is 0 Å². The molecule has 0 radical (unpaired) electrons. The van der Waals surface area contributed by atoms with Gasteiger partial charge in [-0.3, -0.25) is 0 Å². The van der Waals surface area contributed by atoms with Crippen molar-refractivity contribution in [3.05, 3.63) is 11.2 Å². The van der Waals surface area contributed by atoms with E-state index in [1.165, 1.54) is 36.8 Å². The second kappa shape index (κ2) is 6.87. The standard InChI is InChI=1S/C12H18ClN3S2/c1-3-18-9-5-4-8(6-9)14-11-7-10(13)15-12(16-11)17-2/h7-9H,3-6H2,1-2H3,(H,14,15,16). The van der Waals surface area contributed by atoms with Gasteiger partial charge in [-0.05, 0) is 31.3 Å². The summed E-state index contributed by atoms with van der Waals surface area (Å²) in [5, 5.41) is 5.51. The maximum absolute atomic E-state index is 5.98. The Kier molecular flexibility index (Phi) is 5.45. The molecule has 2 atom stereocenters. The predicted molar refractivity (Wildman–Crippen MR) is 82.0 cm³/mol. The van der Waals surface area contributed by atoms with Gasteiger partial charge in [0.2, 0.25) is 0 Å². The summed E-state index contributed by atoms with van der Waals surface area (Å²) >= 11 is 9.56. The first kappa shape index (κ1) is 14.3. The van der Waals surface area contributed by atoms with Crippen molar-refractivity contribution in [2.24, 2.45) is 0 Å². The Balaban J connectivity index is 1.95. The van der Waals surface area contributed by atoms with Crippen LogP contribution in [0.4, 0.5) is 5.82 Å². The fraction of sp³-hybridized carbons (Fsp3) is 0.667. The van der Waals surface area contributed by atoms with E-state index in [1.807, 2.05) is 12.3 Å². The van der Waals surface area contributed by atoms with Crippen molar-refractivity contribution in [2.45, 2.75) is 42.6 Å². The van der Waals surface area contributed by atoms with Crippen LogP contribution in [0.25, 0.3) is 0 Å². The van der Waals surface area contributed by atoms with E-state index in [0.717, 1.165) is 16.2 Å². The lowest BCUT2D eigenvalue weighted by Crippen LogP contribution is -2.17. The summed E-state index contributed by atoms with van der Waals surface area (Å²) in [6, 6.07) is 2.33. The number of nitrogens with one attached hydrogen (secondary N) is 1. The number of thioether (sulfide) groups is 2. The lowest BCUT2D eigenvalue weighted by Gasteiger charge is -2.14. The highest BCUT2D eigenvalue weighted by atomic mass is 35.5. The van der Waals surface area contributed by atoms with Crippen LogP contribution in [-0.2, 0) is 0 Å². The first-order chi connectivity index (χ1) is 8.71. The molecule has 6 heteroatoms. The summed E-state index contributed by atoms with van der Waals surface area (Å²) < 4.78 is 0. The summed E-state index contributed by atoms with van der Waals surface area (Å²) in [5.41, 5.74) is 0. The van der Waals surface area contributed by atoms with Gasteiger partial charge >= 0.3 is 0 Å². The van der Waals surface area contributed by atoms with Gasteiger partial charge in [-0.25, -0.2) is 9.97 Å². The lowest BCUT2D eigenvalue weighted by atomic mass is 10.2. The van der Waals surface area contributed by atoms with Crippen LogP contribution in [0.2, 0.25) is 5.15 Å². The van der Waals surface area contributed by atoms with Crippen molar-refractivity contribution < 1.29 is 0 Å². The number of aromatic nitrogens is 2. The molecule has 2 rings (SSSR count). The molecule has 1 saturated carbocycles. The molecule has 0 amide bonds. The van der Waals surface area contributed by atoms with Crippen LogP contribution in [0.15, 0.2) is 11.2 Å². The molecule has 0 bridgehead atoms. The van der Waals surface area contributed by atoms with Gasteiger partial charge in [-0.1, -0.05) is 30.3 Å². The lowest BCUT2D eigenvalue weighted by molar-refractivity contribution is 0.747. The van der Waals surface area contributed by atoms with Crippen molar-refractivity contribution in [1.82, 2.24) is 9.97 Å². The Morgan fingerprint density at radius 1 is 1.44 bits per heavy atom. The second-order valence-electron chi connectivity index (χ2n) is 4.29. The van der Waals surface area contributed by atoms with Gasteiger partial charge in [0, 0.05) is 17.4 Å². The highest BCUT2D eigenvalue weighted by Crippen LogP contribution is 2.31. The van der Waals surface area contributed by atoms with Crippen molar-refractivity contribution in [1.29, 1.82) is 0 Å². The monoisotopic (exact) mass is 303 g/mol. The smallest absolute Gasteiger partial charge is 0.190 e. The third-order valence-electron chi connectivity index (χ3n) is 3.00. The maximum atomic E-state index is 5.98. The minimum Gasteiger partial charge on any atom is -0.367 e. The minimum absolute atomic E-state index is 0.509. The minimum atomic E-state index is 0.509. The zero-order valence-electron chi connectivity index (χ0n) is 10.6. The van der Waals surface area contributed by atoms with Crippen LogP contribution in [0.5, 0.6) is 0 Å². The van der Waals surface area contributed by atoms with Crippen LogP contribution in [-0.4, -0.2) is 33.3 Å². The first-order valence-electron chi connectivity index (χ1n) is 6.18. The number of hydrogen-bond donors (Lipinski definition) is 1. The normalized spacial score (nSPS) is 23.3. The van der Waals surface area contributed by atoms with Crippen molar-refractivity contribution in [2.75, 3.05) is 17.3 Å². The Morgan fingerprint density at radius 2 is 2.28 bits per heavy atom. The summed E-state index contributed by atoms with van der Waals surface area (Å²) in [5.74, 6) is 2.05. The molecule has 2 unspecified atom stereocenters. The van der Waals surface area contributed by atoms with E-state index in [2.05, 4.69) is 34.0 Å². The van der Waals surface area contributed by atoms with Crippen LogP contribution < -0.4 is 5.32 Å². The number of rotatable bonds is 5. The third kappa shape index (κ3) is 3.93. The highest BCUT2D eigenvalue weighted by Gasteiger charge is 2.24. The average molecular weight is 304 g/mol. The topological polar surface area (TPSA) is 37.8 Å². The maximum Gasteiger partial charge on any atom is 0.190 e. The van der Waals surface area contributed by atoms with Crippen molar-refractivity contribution in [3.63, 3.8) is 0 Å². The molecule has 1 N–H and O–H groups in total. The van der Waals surface area contributed by atoms with Gasteiger partial charge in [0.05, 0.1) is 0 Å². The SMILES string of the molecule is CCSC1CCC(Nc2cc(Cl)nc(SC)n2)C1. The molecule has 1 heterocycles. The van der Waals surface area contributed by atoms with Crippen LogP contribution in [0.1, 0.15) is 26.2 Å². The quantitative estimate of drug-likeness (QED) is 0.507. The largest absolute Gasteiger partial charge is 0.367 e. The summed E-state index contributed by atoms with van der Waals surface area (Å²) in [6.45, 7) is 2.22. The van der Waals surface area contributed by atoms with Gasteiger partial charge in [-0.2, -0.15) is 11.8 Å². The number of nitrogens with zero attached hydrogens (tertiary/aromatic N) is 2. The number of halogens is 1. The summed E-state index contributed by atoms with van der Waals surface area (Å²) in [6.07, 6.45) is 5.69. The van der Waals surface area contributed by atoms with Gasteiger partial charge < -0.3 is 5.32 Å². The summed E-state index contributed by atoms with van der Waals surface area (Å²) in [7, 11) is 0. The zero-order chi connectivity index (χ0) is 13.0. The summed E-state index contributed by atoms with van der Waals surface area (Å²) in [4.78, 5) is 8.58. The molecular formula is C12H18ClN3S2. The van der Waals surface area contributed by atoms with Gasteiger partial charge in [0.15, 0.2) is 5.16 Å². The molecule has 1 fully saturated rings. The predicted octanol–water partition coefficient (Wildman–Crippen LogP) is 3.94. The Morgan fingerprint density at radius 3 is 3.00 bits per heavy atom. The van der Waals surface area contributed by atoms with E-state index in [4.69, 9.17) is 11.6 Å². The molecule has 0 spiro atoms. The average Bonchev–Trinajstić information content (AvgIpc) is 2.76. The Labute approximate surface area is 122 Å². The van der Waals surface area contributed by atoms with Crippen LogP contribution in [0, 0.1) is 0 Å². The molecule has 1 aromatic rings. The molecule has 1 aliphatic carbocycles. The van der Waals surface area contributed by atoms with E-state index in [-0.39, 0.29) is 0 Å². The van der Waals surface area contributed by atoms with Gasteiger partial charge in [-0.15, -0.1) is 0 Å². The van der Waals surface area contributed by atoms with E-state index >= 15 is 0 Å². The molecule has 3 nitrogen and oxygen atoms in total. The third-order valence-corrected chi connectivity index (χ3v) is 4.97. The van der Waals surface area contributed by atoms with Crippen molar-refractivity contribution in [3.8, 4) is 0 Å². The van der Waals surface area contributed by atoms with Gasteiger partial charge in [0.1, 0.15) is 11.0 Å². The fourth-order valence-electron chi connectivity index (χ4n) is 2.23. The van der Waals surface area contributed by atoms with Crippen LogP contribution >= 0.6 is 35.1 Å². The Bertz CT molecular complexity index is 403. The number of hydrogen-bond acceptors (Lipinski definition) is 5. The Hall–Kier alpha value is -0.130.